The zero-order valence-electron chi connectivity index (χ0n) is 9.26. The van der Waals surface area contributed by atoms with Crippen LogP contribution >= 0.6 is 23.1 Å². The van der Waals surface area contributed by atoms with Crippen LogP contribution < -0.4 is 5.32 Å². The van der Waals surface area contributed by atoms with Crippen LogP contribution in [-0.4, -0.2) is 34.2 Å². The number of thioether (sulfide) groups is 1. The van der Waals surface area contributed by atoms with Gasteiger partial charge in [-0.2, -0.15) is 16.7 Å². The number of hydrogen-bond acceptors (Lipinski definition) is 6. The fraction of sp³-hybridized carbons (Fsp3) is 0.455. The van der Waals surface area contributed by atoms with Crippen molar-refractivity contribution in [1.29, 1.82) is 0 Å². The second-order valence-corrected chi connectivity index (χ2v) is 6.02. The first kappa shape index (κ1) is 11.3. The maximum atomic E-state index is 5.29. The van der Waals surface area contributed by atoms with Gasteiger partial charge < -0.3 is 9.84 Å². The van der Waals surface area contributed by atoms with E-state index in [-0.39, 0.29) is 0 Å². The van der Waals surface area contributed by atoms with Gasteiger partial charge in [-0.05, 0) is 11.4 Å². The quantitative estimate of drug-likeness (QED) is 0.922. The molecular formula is C11H13N3OS2. The number of nitrogens with zero attached hydrogens (tertiary/aromatic N) is 2. The number of thiophene rings is 1. The first-order valence-corrected chi connectivity index (χ1v) is 7.63. The van der Waals surface area contributed by atoms with E-state index >= 15 is 0 Å². The summed E-state index contributed by atoms with van der Waals surface area (Å²) in [6, 6.07) is 4.47. The third kappa shape index (κ3) is 2.70. The van der Waals surface area contributed by atoms with Gasteiger partial charge in [-0.25, -0.2) is 0 Å². The minimum atomic E-state index is 0.463. The molecule has 1 saturated heterocycles. The van der Waals surface area contributed by atoms with E-state index in [0.717, 1.165) is 29.5 Å². The standard InChI is InChI=1S/C11H13N3OS2/c1-2-9(17-4-1)11-13-10(15-14-11)6-8-7-16-5-3-12-8/h1-2,4,8,12H,3,5-7H2. The second-order valence-electron chi connectivity index (χ2n) is 3.92. The minimum absolute atomic E-state index is 0.463. The van der Waals surface area contributed by atoms with Crippen molar-refractivity contribution in [2.24, 2.45) is 0 Å². The van der Waals surface area contributed by atoms with Crippen LogP contribution in [0.1, 0.15) is 5.89 Å². The van der Waals surface area contributed by atoms with E-state index in [4.69, 9.17) is 4.52 Å². The van der Waals surface area contributed by atoms with E-state index in [1.807, 2.05) is 29.3 Å². The third-order valence-corrected chi connectivity index (χ3v) is 4.63. The summed E-state index contributed by atoms with van der Waals surface area (Å²) in [5, 5.41) is 9.50. The van der Waals surface area contributed by atoms with Gasteiger partial charge in [0.1, 0.15) is 0 Å². The number of hydrogen-bond donors (Lipinski definition) is 1. The Morgan fingerprint density at radius 3 is 3.29 bits per heavy atom. The molecule has 1 aliphatic rings. The summed E-state index contributed by atoms with van der Waals surface area (Å²) in [6.07, 6.45) is 0.825. The zero-order valence-corrected chi connectivity index (χ0v) is 10.9. The van der Waals surface area contributed by atoms with Crippen molar-refractivity contribution in [3.05, 3.63) is 23.4 Å². The van der Waals surface area contributed by atoms with Gasteiger partial charge in [-0.3, -0.25) is 0 Å². The first-order valence-electron chi connectivity index (χ1n) is 5.59. The highest BCUT2D eigenvalue weighted by Crippen LogP contribution is 2.22. The van der Waals surface area contributed by atoms with Gasteiger partial charge in [0, 0.05) is 30.5 Å². The summed E-state index contributed by atoms with van der Waals surface area (Å²) < 4.78 is 5.29. The molecular weight excluding hydrogens is 254 g/mol. The van der Waals surface area contributed by atoms with Crippen molar-refractivity contribution in [3.63, 3.8) is 0 Å². The highest BCUT2D eigenvalue weighted by atomic mass is 32.2. The van der Waals surface area contributed by atoms with Crippen LogP contribution in [0.2, 0.25) is 0 Å². The van der Waals surface area contributed by atoms with Crippen LogP contribution in [-0.2, 0) is 6.42 Å². The summed E-state index contributed by atoms with van der Waals surface area (Å²) in [6.45, 7) is 1.07. The van der Waals surface area contributed by atoms with Crippen LogP contribution in [0.25, 0.3) is 10.7 Å². The summed E-state index contributed by atoms with van der Waals surface area (Å²) in [4.78, 5) is 5.49. The van der Waals surface area contributed by atoms with E-state index in [1.54, 1.807) is 11.3 Å². The average Bonchev–Trinajstić information content (AvgIpc) is 3.00. The molecule has 90 valence electrons. The molecule has 1 fully saturated rings. The monoisotopic (exact) mass is 267 g/mol. The van der Waals surface area contributed by atoms with Crippen molar-refractivity contribution < 1.29 is 4.52 Å². The summed E-state index contributed by atoms with van der Waals surface area (Å²) in [5.41, 5.74) is 0. The largest absolute Gasteiger partial charge is 0.339 e. The van der Waals surface area contributed by atoms with Crippen LogP contribution in [0.3, 0.4) is 0 Å². The Bertz CT molecular complexity index is 463. The fourth-order valence-corrected chi connectivity index (χ4v) is 3.40. The molecule has 2 aromatic rings. The summed E-state index contributed by atoms with van der Waals surface area (Å²) >= 11 is 3.61. The predicted octanol–water partition coefficient (Wildman–Crippen LogP) is 2.05. The Hall–Kier alpha value is -0.850. The van der Waals surface area contributed by atoms with Gasteiger partial charge in [0.05, 0.1) is 4.88 Å². The lowest BCUT2D eigenvalue weighted by molar-refractivity contribution is 0.363. The molecule has 0 radical (unpaired) electrons. The molecule has 0 bridgehead atoms. The maximum Gasteiger partial charge on any atom is 0.228 e. The highest BCUT2D eigenvalue weighted by Gasteiger charge is 2.17. The van der Waals surface area contributed by atoms with Gasteiger partial charge >= 0.3 is 0 Å². The lowest BCUT2D eigenvalue weighted by Gasteiger charge is -2.21. The van der Waals surface area contributed by atoms with Gasteiger partial charge in [-0.15, -0.1) is 11.3 Å². The van der Waals surface area contributed by atoms with Crippen molar-refractivity contribution in [3.8, 4) is 10.7 Å². The molecule has 3 rings (SSSR count). The summed E-state index contributed by atoms with van der Waals surface area (Å²) in [7, 11) is 0. The van der Waals surface area contributed by atoms with Gasteiger partial charge in [0.25, 0.3) is 0 Å². The highest BCUT2D eigenvalue weighted by molar-refractivity contribution is 7.99. The Morgan fingerprint density at radius 1 is 1.53 bits per heavy atom. The Balaban J connectivity index is 1.68. The van der Waals surface area contributed by atoms with Crippen molar-refractivity contribution in [1.82, 2.24) is 15.5 Å². The molecule has 1 N–H and O–H groups in total. The zero-order chi connectivity index (χ0) is 11.5. The van der Waals surface area contributed by atoms with Gasteiger partial charge in [0.15, 0.2) is 0 Å². The number of aromatic nitrogens is 2. The molecule has 1 unspecified atom stereocenters. The lowest BCUT2D eigenvalue weighted by Crippen LogP contribution is -2.38. The molecule has 3 heterocycles. The second kappa shape index (κ2) is 5.20. The Morgan fingerprint density at radius 2 is 2.53 bits per heavy atom. The Labute approximate surface area is 108 Å². The summed E-state index contributed by atoms with van der Waals surface area (Å²) in [5.74, 6) is 3.75. The van der Waals surface area contributed by atoms with Crippen molar-refractivity contribution in [2.75, 3.05) is 18.1 Å². The molecule has 0 spiro atoms. The van der Waals surface area contributed by atoms with Crippen molar-refractivity contribution in [2.45, 2.75) is 12.5 Å². The molecule has 1 aliphatic heterocycles. The molecule has 6 heteroatoms. The van der Waals surface area contributed by atoms with Gasteiger partial charge in [0.2, 0.25) is 11.7 Å². The van der Waals surface area contributed by atoms with E-state index in [2.05, 4.69) is 15.5 Å². The van der Waals surface area contributed by atoms with Crippen molar-refractivity contribution >= 4 is 23.1 Å². The smallest absolute Gasteiger partial charge is 0.228 e. The molecule has 0 saturated carbocycles. The molecule has 0 amide bonds. The number of rotatable bonds is 3. The Kier molecular flexibility index (Phi) is 3.44. The molecule has 2 aromatic heterocycles. The van der Waals surface area contributed by atoms with Gasteiger partial charge in [-0.1, -0.05) is 11.2 Å². The fourth-order valence-electron chi connectivity index (χ4n) is 1.81. The minimum Gasteiger partial charge on any atom is -0.339 e. The van der Waals surface area contributed by atoms with E-state index in [1.165, 1.54) is 5.75 Å². The predicted molar refractivity (Wildman–Crippen MR) is 70.4 cm³/mol. The van der Waals surface area contributed by atoms with Crippen LogP contribution in [0.4, 0.5) is 0 Å². The molecule has 0 aliphatic carbocycles. The SMILES string of the molecule is c1csc(-c2noc(CC3CSCCN3)n2)c1. The molecule has 1 atom stereocenters. The van der Waals surface area contributed by atoms with Crippen LogP contribution in [0, 0.1) is 0 Å². The van der Waals surface area contributed by atoms with E-state index < -0.39 is 0 Å². The van der Waals surface area contributed by atoms with E-state index in [9.17, 15) is 0 Å². The molecule has 17 heavy (non-hydrogen) atoms. The first-order chi connectivity index (χ1) is 8.42. The molecule has 0 aromatic carbocycles. The maximum absolute atomic E-state index is 5.29. The van der Waals surface area contributed by atoms with Crippen LogP contribution in [0.5, 0.6) is 0 Å². The normalized spacial score (nSPS) is 20.6. The van der Waals surface area contributed by atoms with E-state index in [0.29, 0.717) is 11.9 Å². The lowest BCUT2D eigenvalue weighted by atomic mass is 10.2. The van der Waals surface area contributed by atoms with Crippen LogP contribution in [0.15, 0.2) is 22.0 Å². The third-order valence-electron chi connectivity index (χ3n) is 2.63. The number of nitrogens with one attached hydrogen (secondary N) is 1. The molecule has 4 nitrogen and oxygen atoms in total. The average molecular weight is 267 g/mol. The topological polar surface area (TPSA) is 51.0 Å².